The summed E-state index contributed by atoms with van der Waals surface area (Å²) < 4.78 is 1.06. The number of nitriles is 1. The summed E-state index contributed by atoms with van der Waals surface area (Å²) in [5.41, 5.74) is -1.13. The van der Waals surface area contributed by atoms with Gasteiger partial charge in [-0.2, -0.15) is 5.26 Å². The number of aromatic hydroxyl groups is 2. The minimum atomic E-state index is -0.651. The van der Waals surface area contributed by atoms with Gasteiger partial charge in [0.1, 0.15) is 23.1 Å². The lowest BCUT2D eigenvalue weighted by Crippen LogP contribution is -2.22. The molecule has 0 bridgehead atoms. The summed E-state index contributed by atoms with van der Waals surface area (Å²) in [6, 6.07) is 5.11. The van der Waals surface area contributed by atoms with Crippen LogP contribution in [0.5, 0.6) is 11.6 Å². The van der Waals surface area contributed by atoms with E-state index in [1.807, 2.05) is 13.0 Å². The third kappa shape index (κ3) is 3.98. The van der Waals surface area contributed by atoms with Gasteiger partial charge >= 0.3 is 0 Å². The number of non-ortho nitro benzene ring substituents is 1. The van der Waals surface area contributed by atoms with Crippen LogP contribution in [0.4, 0.5) is 17.1 Å². The number of nitrogens with zero attached hydrogens (tertiary/aromatic N) is 5. The second-order valence-corrected chi connectivity index (χ2v) is 5.93. The highest BCUT2D eigenvalue weighted by atomic mass is 16.6. The fourth-order valence-corrected chi connectivity index (χ4v) is 2.64. The highest BCUT2D eigenvalue weighted by Gasteiger charge is 2.21. The van der Waals surface area contributed by atoms with E-state index in [-0.39, 0.29) is 46.9 Å². The first kappa shape index (κ1) is 20.6. The molecule has 146 valence electrons. The fourth-order valence-electron chi connectivity index (χ4n) is 2.64. The second kappa shape index (κ2) is 8.77. The molecule has 0 spiro atoms. The molecule has 0 aliphatic heterocycles. The molecule has 0 fully saturated rings. The molecule has 2 aromatic rings. The molecule has 0 radical (unpaired) electrons. The van der Waals surface area contributed by atoms with Gasteiger partial charge in [-0.3, -0.25) is 19.5 Å². The third-order valence-electron chi connectivity index (χ3n) is 4.14. The monoisotopic (exact) mass is 385 g/mol. The Morgan fingerprint density at radius 2 is 2.00 bits per heavy atom. The molecule has 10 heteroatoms. The average Bonchev–Trinajstić information content (AvgIpc) is 2.67. The van der Waals surface area contributed by atoms with Crippen molar-refractivity contribution in [1.29, 1.82) is 5.26 Å². The number of nitro groups is 1. The number of hydrogen-bond acceptors (Lipinski definition) is 8. The Labute approximate surface area is 160 Å². The zero-order valence-corrected chi connectivity index (χ0v) is 15.4. The van der Waals surface area contributed by atoms with Crippen molar-refractivity contribution >= 4 is 17.1 Å². The lowest BCUT2D eigenvalue weighted by atomic mass is 10.1. The molecule has 0 saturated carbocycles. The van der Waals surface area contributed by atoms with Gasteiger partial charge in [-0.25, -0.2) is 0 Å². The Bertz CT molecular complexity index is 1040. The van der Waals surface area contributed by atoms with Crippen LogP contribution in [0.1, 0.15) is 37.8 Å². The molecule has 28 heavy (non-hydrogen) atoms. The molecular formula is C18H19N5O5. The van der Waals surface area contributed by atoms with Crippen LogP contribution in [0.3, 0.4) is 0 Å². The highest BCUT2D eigenvalue weighted by Crippen LogP contribution is 2.33. The summed E-state index contributed by atoms with van der Waals surface area (Å²) in [5.74, 6) is -0.770. The van der Waals surface area contributed by atoms with E-state index in [0.717, 1.165) is 29.2 Å². The maximum atomic E-state index is 12.8. The van der Waals surface area contributed by atoms with Gasteiger partial charge in [0.25, 0.3) is 11.2 Å². The van der Waals surface area contributed by atoms with Gasteiger partial charge in [0, 0.05) is 24.2 Å². The standard InChI is InChI=1S/C18H19N5O5/c1-3-5-8-22-17(25)13(10-19)12(4-2)16(18(22)26)21-20-14-9-11(23(27)28)6-7-15(14)24/h6-7,9,24-25H,3-5,8H2,1-2H3. The molecule has 1 heterocycles. The van der Waals surface area contributed by atoms with Gasteiger partial charge < -0.3 is 10.2 Å². The molecule has 0 aliphatic rings. The molecule has 10 nitrogen and oxygen atoms in total. The van der Waals surface area contributed by atoms with Crippen molar-refractivity contribution in [1.82, 2.24) is 4.57 Å². The highest BCUT2D eigenvalue weighted by molar-refractivity contribution is 5.59. The number of rotatable bonds is 7. The summed E-state index contributed by atoms with van der Waals surface area (Å²) in [6.07, 6.45) is 1.60. The van der Waals surface area contributed by atoms with Gasteiger partial charge in [0.05, 0.1) is 4.92 Å². The van der Waals surface area contributed by atoms with Crippen molar-refractivity contribution in [2.24, 2.45) is 10.2 Å². The summed E-state index contributed by atoms with van der Waals surface area (Å²) in [6.45, 7) is 3.80. The first-order chi connectivity index (χ1) is 13.3. The van der Waals surface area contributed by atoms with E-state index in [0.29, 0.717) is 6.42 Å². The smallest absolute Gasteiger partial charge is 0.281 e. The molecule has 0 unspecified atom stereocenters. The van der Waals surface area contributed by atoms with Crippen LogP contribution in [0.2, 0.25) is 0 Å². The van der Waals surface area contributed by atoms with Crippen LogP contribution >= 0.6 is 0 Å². The number of azo groups is 1. The number of unbranched alkanes of at least 4 members (excludes halogenated alkanes) is 1. The predicted octanol–water partition coefficient (Wildman–Crippen LogP) is 3.82. The Morgan fingerprint density at radius 3 is 2.57 bits per heavy atom. The van der Waals surface area contributed by atoms with E-state index in [1.165, 1.54) is 0 Å². The lowest BCUT2D eigenvalue weighted by molar-refractivity contribution is -0.384. The summed E-state index contributed by atoms with van der Waals surface area (Å²) in [5, 5.41) is 48.1. The quantitative estimate of drug-likeness (QED) is 0.419. The normalized spacial score (nSPS) is 10.9. The zero-order valence-electron chi connectivity index (χ0n) is 15.4. The Morgan fingerprint density at radius 1 is 1.29 bits per heavy atom. The van der Waals surface area contributed by atoms with E-state index in [2.05, 4.69) is 10.2 Å². The number of nitro benzene ring substituents is 1. The predicted molar refractivity (Wildman–Crippen MR) is 100 cm³/mol. The maximum absolute atomic E-state index is 12.8. The van der Waals surface area contributed by atoms with Gasteiger partial charge in [-0.15, -0.1) is 10.2 Å². The minimum Gasteiger partial charge on any atom is -0.506 e. The third-order valence-corrected chi connectivity index (χ3v) is 4.14. The van der Waals surface area contributed by atoms with E-state index in [4.69, 9.17) is 0 Å². The fraction of sp³-hybridized carbons (Fsp3) is 0.333. The van der Waals surface area contributed by atoms with Crippen molar-refractivity contribution in [3.05, 3.63) is 49.8 Å². The number of hydrogen-bond donors (Lipinski definition) is 2. The Kier molecular flexibility index (Phi) is 6.44. The van der Waals surface area contributed by atoms with Crippen molar-refractivity contribution < 1.29 is 15.1 Å². The Balaban J connectivity index is 2.67. The van der Waals surface area contributed by atoms with Gasteiger partial charge in [0.2, 0.25) is 5.88 Å². The average molecular weight is 385 g/mol. The summed E-state index contributed by atoms with van der Waals surface area (Å²) >= 11 is 0. The van der Waals surface area contributed by atoms with Crippen LogP contribution < -0.4 is 5.56 Å². The van der Waals surface area contributed by atoms with Crippen LogP contribution in [0.25, 0.3) is 0 Å². The maximum Gasteiger partial charge on any atom is 0.281 e. The molecule has 1 aromatic heterocycles. The largest absolute Gasteiger partial charge is 0.506 e. The molecule has 0 amide bonds. The first-order valence-electron chi connectivity index (χ1n) is 8.63. The van der Waals surface area contributed by atoms with Crippen molar-refractivity contribution in [2.45, 2.75) is 39.7 Å². The molecule has 0 aliphatic carbocycles. The molecule has 2 N–H and O–H groups in total. The van der Waals surface area contributed by atoms with Gasteiger partial charge in [-0.1, -0.05) is 20.3 Å². The van der Waals surface area contributed by atoms with E-state index in [1.54, 1.807) is 6.92 Å². The number of pyridine rings is 1. The second-order valence-electron chi connectivity index (χ2n) is 5.93. The topological polar surface area (TPSA) is 154 Å². The van der Waals surface area contributed by atoms with Gasteiger partial charge in [0.15, 0.2) is 5.69 Å². The van der Waals surface area contributed by atoms with Crippen molar-refractivity contribution in [2.75, 3.05) is 0 Å². The van der Waals surface area contributed by atoms with E-state index < -0.39 is 16.4 Å². The molecule has 0 saturated heterocycles. The molecule has 0 atom stereocenters. The summed E-state index contributed by atoms with van der Waals surface area (Å²) in [4.78, 5) is 23.0. The number of phenolic OH excluding ortho intramolecular Hbond substituents is 1. The molecule has 1 aromatic carbocycles. The zero-order chi connectivity index (χ0) is 20.8. The van der Waals surface area contributed by atoms with Crippen LogP contribution in [0.15, 0.2) is 33.2 Å². The van der Waals surface area contributed by atoms with Gasteiger partial charge in [-0.05, 0) is 18.9 Å². The van der Waals surface area contributed by atoms with Crippen molar-refractivity contribution in [3.8, 4) is 17.7 Å². The SMILES string of the molecule is CCCCn1c(O)c(C#N)c(CC)c(N=Nc2cc([N+](=O)[O-])ccc2O)c1=O. The van der Waals surface area contributed by atoms with E-state index in [9.17, 15) is 30.4 Å². The Hall–Kier alpha value is -3.74. The van der Waals surface area contributed by atoms with Crippen molar-refractivity contribution in [3.63, 3.8) is 0 Å². The number of aromatic nitrogens is 1. The van der Waals surface area contributed by atoms with Crippen LogP contribution in [-0.2, 0) is 13.0 Å². The molecular weight excluding hydrogens is 366 g/mol. The van der Waals surface area contributed by atoms with E-state index >= 15 is 0 Å². The lowest BCUT2D eigenvalue weighted by Gasteiger charge is -2.13. The van der Waals surface area contributed by atoms with Crippen LogP contribution in [0, 0.1) is 21.4 Å². The first-order valence-corrected chi connectivity index (χ1v) is 8.63. The number of phenols is 1. The summed E-state index contributed by atoms with van der Waals surface area (Å²) in [7, 11) is 0. The van der Waals surface area contributed by atoms with Crippen LogP contribution in [-0.4, -0.2) is 19.7 Å². The number of benzene rings is 1. The molecule has 2 rings (SSSR count). The minimum absolute atomic E-state index is 0.0737.